The van der Waals surface area contributed by atoms with Crippen LogP contribution in [0.4, 0.5) is 4.39 Å². The van der Waals surface area contributed by atoms with E-state index in [4.69, 9.17) is 0 Å². The number of rotatable bonds is 1. The summed E-state index contributed by atoms with van der Waals surface area (Å²) in [5, 5.41) is 4.38. The Balaban J connectivity index is 2.38. The number of carbonyl (C=O) groups is 1. The standard InChI is InChI=1S/C12H16FN3O/c1-7-5-11-10(4)15(12(17)9(3)13)6-8(2)16(11)14-7/h5,8,10H,3,6H2,1-2,4H3. The van der Waals surface area contributed by atoms with Gasteiger partial charge in [0.05, 0.1) is 23.5 Å². The normalized spacial score (nSPS) is 23.4. The lowest BCUT2D eigenvalue weighted by Gasteiger charge is -2.37. The summed E-state index contributed by atoms with van der Waals surface area (Å²) in [6.45, 7) is 9.27. The molecule has 2 unspecified atom stereocenters. The van der Waals surface area contributed by atoms with Crippen LogP contribution in [-0.2, 0) is 4.79 Å². The number of nitrogens with zero attached hydrogens (tertiary/aromatic N) is 3. The van der Waals surface area contributed by atoms with Gasteiger partial charge in [0.15, 0.2) is 5.83 Å². The monoisotopic (exact) mass is 237 g/mol. The van der Waals surface area contributed by atoms with Gasteiger partial charge in [0.25, 0.3) is 5.91 Å². The summed E-state index contributed by atoms with van der Waals surface area (Å²) < 4.78 is 14.9. The summed E-state index contributed by atoms with van der Waals surface area (Å²) in [5.41, 5.74) is 1.85. The molecule has 0 N–H and O–H groups in total. The SMILES string of the molecule is C=C(F)C(=O)N1CC(C)n2nc(C)cc2C1C. The number of carbonyl (C=O) groups excluding carboxylic acids is 1. The zero-order valence-corrected chi connectivity index (χ0v) is 10.3. The lowest BCUT2D eigenvalue weighted by molar-refractivity contribution is -0.132. The smallest absolute Gasteiger partial charge is 0.282 e. The summed E-state index contributed by atoms with van der Waals surface area (Å²) in [4.78, 5) is 13.2. The lowest BCUT2D eigenvalue weighted by atomic mass is 10.1. The third-order valence-corrected chi connectivity index (χ3v) is 3.15. The average molecular weight is 237 g/mol. The molecule has 2 atom stereocenters. The van der Waals surface area contributed by atoms with Gasteiger partial charge in [-0.2, -0.15) is 5.10 Å². The van der Waals surface area contributed by atoms with Gasteiger partial charge in [-0.3, -0.25) is 9.48 Å². The first-order chi connectivity index (χ1) is 7.91. The second kappa shape index (κ2) is 3.98. The third kappa shape index (κ3) is 1.85. The average Bonchev–Trinajstić information content (AvgIpc) is 2.65. The van der Waals surface area contributed by atoms with Crippen LogP contribution in [0.2, 0.25) is 0 Å². The molecule has 1 aromatic heterocycles. The van der Waals surface area contributed by atoms with Crippen molar-refractivity contribution in [3.8, 4) is 0 Å². The first kappa shape index (κ1) is 11.8. The zero-order valence-electron chi connectivity index (χ0n) is 10.3. The van der Waals surface area contributed by atoms with E-state index in [0.717, 1.165) is 11.4 Å². The van der Waals surface area contributed by atoms with E-state index in [1.165, 1.54) is 4.90 Å². The maximum absolute atomic E-state index is 13.0. The van der Waals surface area contributed by atoms with Crippen molar-refractivity contribution in [1.29, 1.82) is 0 Å². The van der Waals surface area contributed by atoms with Crippen LogP contribution in [0.3, 0.4) is 0 Å². The molecule has 1 aliphatic heterocycles. The molecule has 0 radical (unpaired) electrons. The Bertz CT molecular complexity index is 480. The van der Waals surface area contributed by atoms with Gasteiger partial charge in [0.1, 0.15) is 0 Å². The van der Waals surface area contributed by atoms with Crippen LogP contribution >= 0.6 is 0 Å². The summed E-state index contributed by atoms with van der Waals surface area (Å²) in [5.74, 6) is -1.54. The molecule has 0 bridgehead atoms. The molecule has 0 aliphatic carbocycles. The van der Waals surface area contributed by atoms with Crippen molar-refractivity contribution in [1.82, 2.24) is 14.7 Å². The summed E-state index contributed by atoms with van der Waals surface area (Å²) in [6, 6.07) is 1.81. The first-order valence-electron chi connectivity index (χ1n) is 5.63. The Kier molecular flexibility index (Phi) is 2.77. The van der Waals surface area contributed by atoms with Crippen molar-refractivity contribution in [3.63, 3.8) is 0 Å². The van der Waals surface area contributed by atoms with Crippen molar-refractivity contribution in [3.05, 3.63) is 29.9 Å². The summed E-state index contributed by atoms with van der Waals surface area (Å²) >= 11 is 0. The fourth-order valence-corrected chi connectivity index (χ4v) is 2.30. The predicted molar refractivity (Wildman–Crippen MR) is 62.1 cm³/mol. The quantitative estimate of drug-likeness (QED) is 0.702. The number of halogens is 1. The van der Waals surface area contributed by atoms with E-state index in [1.54, 1.807) is 0 Å². The number of amides is 1. The highest BCUT2D eigenvalue weighted by molar-refractivity contribution is 5.91. The molecule has 2 rings (SSSR count). The number of aryl methyl sites for hydroxylation is 1. The van der Waals surface area contributed by atoms with E-state index < -0.39 is 11.7 Å². The first-order valence-corrected chi connectivity index (χ1v) is 5.63. The van der Waals surface area contributed by atoms with Crippen molar-refractivity contribution in [2.24, 2.45) is 0 Å². The number of hydrogen-bond acceptors (Lipinski definition) is 2. The molecule has 17 heavy (non-hydrogen) atoms. The highest BCUT2D eigenvalue weighted by Gasteiger charge is 2.33. The van der Waals surface area contributed by atoms with Crippen LogP contribution in [0.5, 0.6) is 0 Å². The number of aromatic nitrogens is 2. The molecule has 1 amide bonds. The molecule has 1 aromatic rings. The minimum Gasteiger partial charge on any atom is -0.326 e. The van der Waals surface area contributed by atoms with Crippen LogP contribution < -0.4 is 0 Å². The molecular formula is C12H16FN3O. The van der Waals surface area contributed by atoms with Crippen LogP contribution in [0.1, 0.15) is 37.3 Å². The van der Waals surface area contributed by atoms with Crippen LogP contribution in [-0.4, -0.2) is 27.1 Å². The lowest BCUT2D eigenvalue weighted by Crippen LogP contribution is -2.43. The van der Waals surface area contributed by atoms with Gasteiger partial charge in [-0.15, -0.1) is 0 Å². The molecule has 0 aromatic carbocycles. The Labute approximate surface area is 99.7 Å². The van der Waals surface area contributed by atoms with Gasteiger partial charge in [-0.25, -0.2) is 4.39 Å². The van der Waals surface area contributed by atoms with Gasteiger partial charge < -0.3 is 4.90 Å². The van der Waals surface area contributed by atoms with Crippen LogP contribution in [0.25, 0.3) is 0 Å². The van der Waals surface area contributed by atoms with E-state index in [0.29, 0.717) is 6.54 Å². The van der Waals surface area contributed by atoms with Crippen molar-refractivity contribution < 1.29 is 9.18 Å². The second-order valence-corrected chi connectivity index (χ2v) is 4.54. The molecule has 0 saturated heterocycles. The van der Waals surface area contributed by atoms with E-state index in [-0.39, 0.29) is 12.1 Å². The molecule has 5 heteroatoms. The van der Waals surface area contributed by atoms with Crippen LogP contribution in [0, 0.1) is 6.92 Å². The summed E-state index contributed by atoms with van der Waals surface area (Å²) in [6.07, 6.45) is 0. The Morgan fingerprint density at radius 3 is 2.82 bits per heavy atom. The van der Waals surface area contributed by atoms with Crippen molar-refractivity contribution in [2.45, 2.75) is 32.9 Å². The van der Waals surface area contributed by atoms with Gasteiger partial charge in [0, 0.05) is 6.54 Å². The highest BCUT2D eigenvalue weighted by Crippen LogP contribution is 2.31. The van der Waals surface area contributed by atoms with Gasteiger partial charge in [0.2, 0.25) is 0 Å². The van der Waals surface area contributed by atoms with E-state index in [1.807, 2.05) is 31.5 Å². The van der Waals surface area contributed by atoms with Crippen LogP contribution in [0.15, 0.2) is 18.5 Å². The Hall–Kier alpha value is -1.65. The zero-order chi connectivity index (χ0) is 12.7. The molecule has 0 spiro atoms. The maximum Gasteiger partial charge on any atom is 0.282 e. The molecule has 92 valence electrons. The second-order valence-electron chi connectivity index (χ2n) is 4.54. The molecule has 0 fully saturated rings. The fraction of sp³-hybridized carbons (Fsp3) is 0.500. The molecule has 0 saturated carbocycles. The Morgan fingerprint density at radius 2 is 2.24 bits per heavy atom. The van der Waals surface area contributed by atoms with Gasteiger partial charge >= 0.3 is 0 Å². The summed E-state index contributed by atoms with van der Waals surface area (Å²) in [7, 11) is 0. The number of hydrogen-bond donors (Lipinski definition) is 0. The minimum atomic E-state index is -0.909. The van der Waals surface area contributed by atoms with Crippen molar-refractivity contribution in [2.75, 3.05) is 6.54 Å². The maximum atomic E-state index is 13.0. The van der Waals surface area contributed by atoms with E-state index in [9.17, 15) is 9.18 Å². The Morgan fingerprint density at radius 1 is 1.59 bits per heavy atom. The number of fused-ring (bicyclic) bond motifs is 1. The predicted octanol–water partition coefficient (Wildman–Crippen LogP) is 2.14. The largest absolute Gasteiger partial charge is 0.326 e. The van der Waals surface area contributed by atoms with Gasteiger partial charge in [-0.05, 0) is 26.8 Å². The molecule has 1 aliphatic rings. The molecular weight excluding hydrogens is 221 g/mol. The fourth-order valence-electron chi connectivity index (χ4n) is 2.30. The van der Waals surface area contributed by atoms with E-state index in [2.05, 4.69) is 11.7 Å². The minimum absolute atomic E-state index is 0.0539. The molecule has 4 nitrogen and oxygen atoms in total. The van der Waals surface area contributed by atoms with Gasteiger partial charge in [-0.1, -0.05) is 6.58 Å². The highest BCUT2D eigenvalue weighted by atomic mass is 19.1. The molecule has 2 heterocycles. The topological polar surface area (TPSA) is 38.1 Å². The third-order valence-electron chi connectivity index (χ3n) is 3.15. The van der Waals surface area contributed by atoms with Crippen molar-refractivity contribution >= 4 is 5.91 Å². The van der Waals surface area contributed by atoms with E-state index >= 15 is 0 Å².